The molecular formula is C22H29ClN2O4S. The van der Waals surface area contributed by atoms with Gasteiger partial charge in [0, 0.05) is 5.02 Å². The van der Waals surface area contributed by atoms with Gasteiger partial charge < -0.3 is 10.1 Å². The van der Waals surface area contributed by atoms with Crippen molar-refractivity contribution in [1.82, 2.24) is 5.32 Å². The minimum absolute atomic E-state index is 0.252. The summed E-state index contributed by atoms with van der Waals surface area (Å²) in [6.45, 7) is 8.02. The zero-order chi connectivity index (χ0) is 22.5. The fourth-order valence-electron chi connectivity index (χ4n) is 3.17. The monoisotopic (exact) mass is 452 g/mol. The Morgan fingerprint density at radius 2 is 1.83 bits per heavy atom. The molecule has 0 aliphatic carbocycles. The normalized spacial score (nSPS) is 12.5. The van der Waals surface area contributed by atoms with Gasteiger partial charge in [0.2, 0.25) is 15.9 Å². The van der Waals surface area contributed by atoms with Gasteiger partial charge in [0.25, 0.3) is 0 Å². The fourth-order valence-corrected chi connectivity index (χ4v) is 4.56. The second-order valence-electron chi connectivity index (χ2n) is 7.50. The number of sulfonamides is 1. The van der Waals surface area contributed by atoms with E-state index in [4.69, 9.17) is 16.3 Å². The highest BCUT2D eigenvalue weighted by atomic mass is 35.5. The number of carbonyl (C=O) groups is 1. The summed E-state index contributed by atoms with van der Waals surface area (Å²) in [6.07, 6.45) is 1.07. The van der Waals surface area contributed by atoms with Crippen LogP contribution in [0.15, 0.2) is 42.5 Å². The first-order valence-corrected chi connectivity index (χ1v) is 12.0. The van der Waals surface area contributed by atoms with Gasteiger partial charge in [-0.25, -0.2) is 8.42 Å². The van der Waals surface area contributed by atoms with Crippen LogP contribution in [0.25, 0.3) is 0 Å². The molecule has 1 unspecified atom stereocenters. The molecule has 0 bridgehead atoms. The molecule has 2 aromatic carbocycles. The summed E-state index contributed by atoms with van der Waals surface area (Å²) in [5, 5.41) is 3.15. The number of hydrogen-bond donors (Lipinski definition) is 1. The predicted molar refractivity (Wildman–Crippen MR) is 122 cm³/mol. The third-order valence-electron chi connectivity index (χ3n) is 4.70. The van der Waals surface area contributed by atoms with Crippen molar-refractivity contribution in [2.24, 2.45) is 0 Å². The lowest BCUT2D eigenvalue weighted by Crippen LogP contribution is -2.48. The Kier molecular flexibility index (Phi) is 8.15. The van der Waals surface area contributed by atoms with Crippen LogP contribution in [-0.4, -0.2) is 39.8 Å². The van der Waals surface area contributed by atoms with Crippen LogP contribution < -0.4 is 14.4 Å². The van der Waals surface area contributed by atoms with E-state index in [1.54, 1.807) is 32.0 Å². The molecule has 8 heteroatoms. The standard InChI is InChI=1S/C22H29ClN2O4S/c1-15(2)19-8-6-7-9-21(19)29-13-12-24-22(26)17(4)25(30(5,27)28)20-14-18(23)11-10-16(20)3/h6-11,14-15,17H,12-13H2,1-5H3,(H,24,26). The molecule has 1 N–H and O–H groups in total. The van der Waals surface area contributed by atoms with E-state index >= 15 is 0 Å². The number of anilines is 1. The zero-order valence-electron chi connectivity index (χ0n) is 18.0. The van der Waals surface area contributed by atoms with Crippen molar-refractivity contribution in [1.29, 1.82) is 0 Å². The Morgan fingerprint density at radius 1 is 1.17 bits per heavy atom. The van der Waals surface area contributed by atoms with Crippen LogP contribution >= 0.6 is 11.6 Å². The minimum Gasteiger partial charge on any atom is -0.491 e. The number of carbonyl (C=O) groups excluding carboxylic acids is 1. The third kappa shape index (κ3) is 6.12. The molecule has 30 heavy (non-hydrogen) atoms. The van der Waals surface area contributed by atoms with Crippen LogP contribution in [-0.2, 0) is 14.8 Å². The van der Waals surface area contributed by atoms with E-state index < -0.39 is 22.0 Å². The number of nitrogens with one attached hydrogen (secondary N) is 1. The molecule has 1 atom stereocenters. The van der Waals surface area contributed by atoms with Gasteiger partial charge in [0.1, 0.15) is 18.4 Å². The number of hydrogen-bond acceptors (Lipinski definition) is 4. The summed E-state index contributed by atoms with van der Waals surface area (Å²) in [7, 11) is -3.71. The van der Waals surface area contributed by atoms with Crippen molar-refractivity contribution in [2.45, 2.75) is 39.7 Å². The Labute approximate surface area is 184 Å². The van der Waals surface area contributed by atoms with Crippen molar-refractivity contribution in [2.75, 3.05) is 23.7 Å². The number of ether oxygens (including phenoxy) is 1. The maximum absolute atomic E-state index is 12.7. The van der Waals surface area contributed by atoms with Gasteiger partial charge in [-0.15, -0.1) is 0 Å². The SMILES string of the molecule is Cc1ccc(Cl)cc1N(C(C)C(=O)NCCOc1ccccc1C(C)C)S(C)(=O)=O. The molecule has 0 heterocycles. The van der Waals surface area contributed by atoms with Crippen LogP contribution in [0.1, 0.15) is 37.8 Å². The lowest BCUT2D eigenvalue weighted by atomic mass is 10.0. The number of amides is 1. The molecule has 0 radical (unpaired) electrons. The van der Waals surface area contributed by atoms with E-state index in [9.17, 15) is 13.2 Å². The first-order chi connectivity index (χ1) is 14.0. The molecule has 0 aliphatic rings. The number of nitrogens with zero attached hydrogens (tertiary/aromatic N) is 1. The number of rotatable bonds is 9. The summed E-state index contributed by atoms with van der Waals surface area (Å²) in [5.74, 6) is 0.683. The van der Waals surface area contributed by atoms with Crippen molar-refractivity contribution in [3.63, 3.8) is 0 Å². The second-order valence-corrected chi connectivity index (χ2v) is 9.79. The van der Waals surface area contributed by atoms with E-state index in [1.165, 1.54) is 0 Å². The molecule has 0 saturated heterocycles. The average molecular weight is 453 g/mol. The third-order valence-corrected chi connectivity index (χ3v) is 6.16. The van der Waals surface area contributed by atoms with E-state index in [0.29, 0.717) is 22.2 Å². The van der Waals surface area contributed by atoms with Gasteiger partial charge >= 0.3 is 0 Å². The number of aryl methyl sites for hydroxylation is 1. The molecule has 0 aromatic heterocycles. The van der Waals surface area contributed by atoms with Crippen LogP contribution in [0.4, 0.5) is 5.69 Å². The molecule has 0 fully saturated rings. The highest BCUT2D eigenvalue weighted by Gasteiger charge is 2.30. The van der Waals surface area contributed by atoms with E-state index in [1.807, 2.05) is 24.3 Å². The average Bonchev–Trinajstić information content (AvgIpc) is 2.67. The van der Waals surface area contributed by atoms with E-state index in [0.717, 1.165) is 21.9 Å². The molecule has 164 valence electrons. The van der Waals surface area contributed by atoms with Crippen LogP contribution in [0.5, 0.6) is 5.75 Å². The molecule has 0 saturated carbocycles. The maximum atomic E-state index is 12.7. The van der Waals surface area contributed by atoms with Gasteiger partial charge in [-0.1, -0.05) is 49.7 Å². The molecule has 2 rings (SSSR count). The fraction of sp³-hybridized carbons (Fsp3) is 0.409. The summed E-state index contributed by atoms with van der Waals surface area (Å²) in [4.78, 5) is 12.7. The molecule has 1 amide bonds. The van der Waals surface area contributed by atoms with Crippen molar-refractivity contribution in [3.8, 4) is 5.75 Å². The summed E-state index contributed by atoms with van der Waals surface area (Å²) in [5.41, 5.74) is 2.18. The van der Waals surface area contributed by atoms with Gasteiger partial charge in [-0.3, -0.25) is 9.10 Å². The first-order valence-electron chi connectivity index (χ1n) is 9.77. The zero-order valence-corrected chi connectivity index (χ0v) is 19.5. The lowest BCUT2D eigenvalue weighted by Gasteiger charge is -2.29. The van der Waals surface area contributed by atoms with Crippen molar-refractivity contribution >= 4 is 33.2 Å². The summed E-state index contributed by atoms with van der Waals surface area (Å²) >= 11 is 6.05. The van der Waals surface area contributed by atoms with Crippen molar-refractivity contribution < 1.29 is 17.9 Å². The minimum atomic E-state index is -3.71. The number of benzene rings is 2. The molecule has 0 spiro atoms. The predicted octanol–water partition coefficient (Wildman–Crippen LogP) is 4.12. The lowest BCUT2D eigenvalue weighted by molar-refractivity contribution is -0.121. The van der Waals surface area contributed by atoms with E-state index in [-0.39, 0.29) is 13.2 Å². The van der Waals surface area contributed by atoms with Crippen molar-refractivity contribution in [3.05, 3.63) is 58.6 Å². The number of halogens is 1. The topological polar surface area (TPSA) is 75.7 Å². The van der Waals surface area contributed by atoms with Gasteiger partial charge in [0.15, 0.2) is 0 Å². The Morgan fingerprint density at radius 3 is 2.47 bits per heavy atom. The Balaban J connectivity index is 2.05. The van der Waals surface area contributed by atoms with E-state index in [2.05, 4.69) is 19.2 Å². The molecule has 6 nitrogen and oxygen atoms in total. The molecule has 0 aliphatic heterocycles. The smallest absolute Gasteiger partial charge is 0.243 e. The molecular weight excluding hydrogens is 424 g/mol. The summed E-state index contributed by atoms with van der Waals surface area (Å²) in [6, 6.07) is 11.8. The Hall–Kier alpha value is -2.25. The van der Waals surface area contributed by atoms with Crippen LogP contribution in [0.2, 0.25) is 5.02 Å². The maximum Gasteiger partial charge on any atom is 0.243 e. The molecule has 2 aromatic rings. The van der Waals surface area contributed by atoms with Gasteiger partial charge in [0.05, 0.1) is 18.5 Å². The second kappa shape index (κ2) is 10.2. The van der Waals surface area contributed by atoms with Gasteiger partial charge in [-0.05, 0) is 49.1 Å². The largest absolute Gasteiger partial charge is 0.491 e. The highest BCUT2D eigenvalue weighted by molar-refractivity contribution is 7.92. The number of para-hydroxylation sites is 1. The van der Waals surface area contributed by atoms with Crippen LogP contribution in [0, 0.1) is 6.92 Å². The Bertz CT molecular complexity index is 992. The highest BCUT2D eigenvalue weighted by Crippen LogP contribution is 2.28. The summed E-state index contributed by atoms with van der Waals surface area (Å²) < 4.78 is 31.8. The van der Waals surface area contributed by atoms with Crippen LogP contribution in [0.3, 0.4) is 0 Å². The van der Waals surface area contributed by atoms with Gasteiger partial charge in [-0.2, -0.15) is 0 Å². The quantitative estimate of drug-likeness (QED) is 0.580. The first kappa shape index (κ1) is 24.0.